The normalized spacial score (nSPS) is 23.9. The molecule has 1 aliphatic heterocycles. The zero-order chi connectivity index (χ0) is 11.8. The van der Waals surface area contributed by atoms with Crippen LogP contribution in [0.15, 0.2) is 23.6 Å². The minimum absolute atomic E-state index is 0. The molecule has 2 unspecified atom stereocenters. The first-order valence-electron chi connectivity index (χ1n) is 6.13. The average Bonchev–Trinajstić information content (AvgIpc) is 2.76. The number of piperidine rings is 1. The Balaban J connectivity index is 0.00000120. The number of fused-ring (bicyclic) bond motifs is 1. The van der Waals surface area contributed by atoms with Crippen LogP contribution in [0.25, 0.3) is 10.1 Å². The number of thiophene rings is 1. The third-order valence-corrected chi connectivity index (χ3v) is 4.71. The minimum atomic E-state index is -0.100. The van der Waals surface area contributed by atoms with E-state index in [-0.39, 0.29) is 18.2 Å². The fraction of sp³-hybridized carbons (Fsp3) is 0.429. The number of benzene rings is 1. The van der Waals surface area contributed by atoms with Crippen molar-refractivity contribution in [3.63, 3.8) is 0 Å². The molecule has 1 fully saturated rings. The lowest BCUT2D eigenvalue weighted by Gasteiger charge is -2.30. The summed E-state index contributed by atoms with van der Waals surface area (Å²) < 4.78 is 14.9. The summed E-state index contributed by atoms with van der Waals surface area (Å²) in [4.78, 5) is 0. The molecule has 0 amide bonds. The molecule has 1 nitrogen and oxygen atoms in total. The highest BCUT2D eigenvalue weighted by molar-refractivity contribution is 7.17. The molecule has 0 spiro atoms. The van der Waals surface area contributed by atoms with Crippen LogP contribution in [0.1, 0.15) is 24.8 Å². The highest BCUT2D eigenvalue weighted by Gasteiger charge is 2.25. The number of hydrogen-bond acceptors (Lipinski definition) is 2. The predicted octanol–water partition coefficient (Wildman–Crippen LogP) is 4.18. The molecule has 18 heavy (non-hydrogen) atoms. The maximum atomic E-state index is 13.6. The van der Waals surface area contributed by atoms with Gasteiger partial charge in [-0.3, -0.25) is 0 Å². The Morgan fingerprint density at radius 2 is 2.22 bits per heavy atom. The van der Waals surface area contributed by atoms with Crippen molar-refractivity contribution in [3.8, 4) is 0 Å². The first-order valence-corrected chi connectivity index (χ1v) is 7.01. The summed E-state index contributed by atoms with van der Waals surface area (Å²) in [7, 11) is 0. The van der Waals surface area contributed by atoms with E-state index in [9.17, 15) is 4.39 Å². The van der Waals surface area contributed by atoms with Gasteiger partial charge >= 0.3 is 0 Å². The summed E-state index contributed by atoms with van der Waals surface area (Å²) in [5.74, 6) is 0.973. The minimum Gasteiger partial charge on any atom is -0.316 e. The molecule has 1 aromatic carbocycles. The zero-order valence-electron chi connectivity index (χ0n) is 10.3. The lowest BCUT2D eigenvalue weighted by molar-refractivity contribution is 0.350. The lowest BCUT2D eigenvalue weighted by atomic mass is 9.82. The van der Waals surface area contributed by atoms with E-state index in [0.717, 1.165) is 24.9 Å². The Morgan fingerprint density at radius 1 is 1.39 bits per heavy atom. The van der Waals surface area contributed by atoms with Gasteiger partial charge in [-0.25, -0.2) is 4.39 Å². The molecule has 1 aromatic heterocycles. The van der Waals surface area contributed by atoms with Crippen molar-refractivity contribution in [2.45, 2.75) is 19.3 Å². The van der Waals surface area contributed by atoms with Crippen LogP contribution in [-0.4, -0.2) is 13.1 Å². The highest BCUT2D eigenvalue weighted by atomic mass is 35.5. The van der Waals surface area contributed by atoms with E-state index in [4.69, 9.17) is 0 Å². The molecule has 2 atom stereocenters. The van der Waals surface area contributed by atoms with Crippen LogP contribution in [0.4, 0.5) is 4.39 Å². The van der Waals surface area contributed by atoms with Crippen LogP contribution in [0.5, 0.6) is 0 Å². The van der Waals surface area contributed by atoms with Crippen LogP contribution in [0, 0.1) is 11.7 Å². The molecule has 2 aromatic rings. The van der Waals surface area contributed by atoms with E-state index >= 15 is 0 Å². The summed E-state index contributed by atoms with van der Waals surface area (Å²) in [6.07, 6.45) is 1.11. The lowest BCUT2D eigenvalue weighted by Crippen LogP contribution is -2.33. The summed E-state index contributed by atoms with van der Waals surface area (Å²) >= 11 is 1.73. The van der Waals surface area contributed by atoms with Gasteiger partial charge in [-0.05, 0) is 65.9 Å². The number of halogens is 2. The number of nitrogens with one attached hydrogen (secondary N) is 1. The summed E-state index contributed by atoms with van der Waals surface area (Å²) in [6, 6.07) is 5.39. The third kappa shape index (κ3) is 2.40. The Morgan fingerprint density at radius 3 is 3.00 bits per heavy atom. The molecule has 1 saturated heterocycles. The second kappa shape index (κ2) is 5.55. The predicted molar refractivity (Wildman–Crippen MR) is 78.4 cm³/mol. The van der Waals surface area contributed by atoms with Crippen molar-refractivity contribution in [2.24, 2.45) is 5.92 Å². The topological polar surface area (TPSA) is 12.0 Å². The smallest absolute Gasteiger partial charge is 0.124 e. The summed E-state index contributed by atoms with van der Waals surface area (Å²) in [6.45, 7) is 4.33. The van der Waals surface area contributed by atoms with Crippen molar-refractivity contribution in [1.29, 1.82) is 0 Å². The van der Waals surface area contributed by atoms with E-state index in [0.29, 0.717) is 11.8 Å². The molecule has 0 aliphatic carbocycles. The molecule has 2 heterocycles. The van der Waals surface area contributed by atoms with Gasteiger partial charge in [0.05, 0.1) is 0 Å². The molecule has 0 saturated carbocycles. The second-order valence-corrected chi connectivity index (χ2v) is 5.83. The van der Waals surface area contributed by atoms with Gasteiger partial charge in [0.1, 0.15) is 5.82 Å². The largest absolute Gasteiger partial charge is 0.316 e. The van der Waals surface area contributed by atoms with E-state index in [2.05, 4.69) is 17.6 Å². The van der Waals surface area contributed by atoms with Crippen LogP contribution in [-0.2, 0) is 0 Å². The standard InChI is InChI=1S/C14H16FNS.ClH/c1-9-8-16-4-2-12(9)13-7-11(15)6-10-3-5-17-14(10)13;/h3,5-7,9,12,16H,2,4,8H2,1H3;1H. The van der Waals surface area contributed by atoms with E-state index in [1.165, 1.54) is 10.3 Å². The number of hydrogen-bond donors (Lipinski definition) is 1. The van der Waals surface area contributed by atoms with Gasteiger partial charge in [0, 0.05) is 4.70 Å². The van der Waals surface area contributed by atoms with Crippen molar-refractivity contribution < 1.29 is 4.39 Å². The first kappa shape index (κ1) is 13.8. The molecule has 98 valence electrons. The Hall–Kier alpha value is -0.640. The van der Waals surface area contributed by atoms with Crippen molar-refractivity contribution >= 4 is 33.8 Å². The Labute approximate surface area is 117 Å². The van der Waals surface area contributed by atoms with Gasteiger partial charge < -0.3 is 5.32 Å². The first-order chi connectivity index (χ1) is 8.25. The summed E-state index contributed by atoms with van der Waals surface area (Å²) in [5, 5.41) is 6.51. The van der Waals surface area contributed by atoms with Gasteiger partial charge in [-0.2, -0.15) is 0 Å². The molecular weight excluding hydrogens is 269 g/mol. The Bertz CT molecular complexity index is 540. The maximum absolute atomic E-state index is 13.6. The monoisotopic (exact) mass is 285 g/mol. The molecule has 0 radical (unpaired) electrons. The van der Waals surface area contributed by atoms with Crippen LogP contribution in [0.3, 0.4) is 0 Å². The van der Waals surface area contributed by atoms with Gasteiger partial charge in [-0.1, -0.05) is 6.92 Å². The van der Waals surface area contributed by atoms with E-state index in [1.54, 1.807) is 23.5 Å². The number of rotatable bonds is 1. The second-order valence-electron chi connectivity index (χ2n) is 4.91. The quantitative estimate of drug-likeness (QED) is 0.829. The third-order valence-electron chi connectivity index (χ3n) is 3.73. The van der Waals surface area contributed by atoms with E-state index in [1.807, 2.05) is 6.07 Å². The molecule has 4 heteroatoms. The van der Waals surface area contributed by atoms with Crippen LogP contribution in [0.2, 0.25) is 0 Å². The molecule has 1 N–H and O–H groups in total. The maximum Gasteiger partial charge on any atom is 0.124 e. The SMILES string of the molecule is CC1CNCCC1c1cc(F)cc2ccsc12.Cl. The molecule has 0 bridgehead atoms. The Kier molecular flexibility index (Phi) is 4.25. The molecule has 3 rings (SSSR count). The summed E-state index contributed by atoms with van der Waals surface area (Å²) in [5.41, 5.74) is 1.21. The highest BCUT2D eigenvalue weighted by Crippen LogP contribution is 2.37. The average molecular weight is 286 g/mol. The van der Waals surface area contributed by atoms with Gasteiger partial charge in [-0.15, -0.1) is 23.7 Å². The fourth-order valence-corrected chi connectivity index (χ4v) is 3.78. The van der Waals surface area contributed by atoms with Gasteiger partial charge in [0.25, 0.3) is 0 Å². The van der Waals surface area contributed by atoms with Crippen LogP contribution < -0.4 is 5.32 Å². The van der Waals surface area contributed by atoms with Gasteiger partial charge in [0.2, 0.25) is 0 Å². The zero-order valence-corrected chi connectivity index (χ0v) is 11.9. The van der Waals surface area contributed by atoms with Crippen molar-refractivity contribution in [3.05, 3.63) is 35.0 Å². The van der Waals surface area contributed by atoms with Crippen molar-refractivity contribution in [1.82, 2.24) is 5.32 Å². The van der Waals surface area contributed by atoms with Crippen LogP contribution >= 0.6 is 23.7 Å². The molecular formula is C14H17ClFNS. The molecule has 1 aliphatic rings. The fourth-order valence-electron chi connectivity index (χ4n) is 2.82. The van der Waals surface area contributed by atoms with Gasteiger partial charge in [0.15, 0.2) is 0 Å². The van der Waals surface area contributed by atoms with E-state index < -0.39 is 0 Å². The van der Waals surface area contributed by atoms with Crippen molar-refractivity contribution in [2.75, 3.05) is 13.1 Å².